The molecule has 1 amide bonds. The summed E-state index contributed by atoms with van der Waals surface area (Å²) in [5.41, 5.74) is 5.29. The van der Waals surface area contributed by atoms with E-state index < -0.39 is 0 Å². The average molecular weight is 428 g/mol. The number of aromatic amines is 1. The first-order chi connectivity index (χ1) is 15.7. The molecule has 0 saturated carbocycles. The Labute approximate surface area is 186 Å². The van der Waals surface area contributed by atoms with Crippen molar-refractivity contribution in [1.29, 1.82) is 0 Å². The molecule has 2 N–H and O–H groups in total. The van der Waals surface area contributed by atoms with E-state index >= 15 is 0 Å². The third-order valence-corrected chi connectivity index (χ3v) is 6.22. The molecule has 0 unspecified atom stereocenters. The van der Waals surface area contributed by atoms with Gasteiger partial charge < -0.3 is 19.7 Å². The first-order valence-corrected chi connectivity index (χ1v) is 10.8. The van der Waals surface area contributed by atoms with Crippen molar-refractivity contribution in [2.75, 3.05) is 20.3 Å². The normalized spacial score (nSPS) is 15.9. The minimum Gasteiger partial charge on any atom is -0.496 e. The molecule has 1 atom stereocenters. The molecule has 6 nitrogen and oxygen atoms in total. The van der Waals surface area contributed by atoms with Crippen LogP contribution in [0.4, 0.5) is 0 Å². The molecular formula is C26H25N3O3. The molecule has 1 aliphatic heterocycles. The number of H-pyrrole nitrogens is 1. The molecule has 1 saturated heterocycles. The van der Waals surface area contributed by atoms with Crippen molar-refractivity contribution in [2.45, 2.75) is 18.9 Å². The Hall–Kier alpha value is -3.64. The molecule has 32 heavy (non-hydrogen) atoms. The van der Waals surface area contributed by atoms with Crippen molar-refractivity contribution >= 4 is 16.9 Å². The molecule has 1 fully saturated rings. The fraction of sp³-hybridized carbons (Fsp3) is 0.231. The number of amides is 1. The Morgan fingerprint density at radius 2 is 2.03 bits per heavy atom. The number of aromatic nitrogens is 2. The van der Waals surface area contributed by atoms with Crippen LogP contribution < -0.4 is 4.74 Å². The summed E-state index contributed by atoms with van der Waals surface area (Å²) in [5, 5.41) is 10.6. The first kappa shape index (κ1) is 20.3. The van der Waals surface area contributed by atoms with Crippen LogP contribution in [0.3, 0.4) is 0 Å². The predicted molar refractivity (Wildman–Crippen MR) is 125 cm³/mol. The Balaban J connectivity index is 1.53. The van der Waals surface area contributed by atoms with Gasteiger partial charge in [0.25, 0.3) is 5.91 Å². The molecule has 6 heteroatoms. The number of fused-ring (bicyclic) bond motifs is 1. The first-order valence-electron chi connectivity index (χ1n) is 10.8. The van der Waals surface area contributed by atoms with E-state index in [0.29, 0.717) is 12.1 Å². The minimum absolute atomic E-state index is 0.00519. The number of methoxy groups -OCH3 is 1. The molecule has 162 valence electrons. The van der Waals surface area contributed by atoms with Crippen LogP contribution in [0.5, 0.6) is 5.75 Å². The van der Waals surface area contributed by atoms with Crippen LogP contribution in [-0.4, -0.2) is 52.2 Å². The lowest BCUT2D eigenvalue weighted by molar-refractivity contribution is 0.0677. The summed E-state index contributed by atoms with van der Waals surface area (Å²) in [6, 6.07) is 17.5. The van der Waals surface area contributed by atoms with Crippen LogP contribution >= 0.6 is 0 Å². The summed E-state index contributed by atoms with van der Waals surface area (Å²) >= 11 is 0. The number of pyridine rings is 1. The molecule has 0 bridgehead atoms. The zero-order valence-electron chi connectivity index (χ0n) is 17.9. The quantitative estimate of drug-likeness (QED) is 0.491. The SMILES string of the molecule is COc1ccccc1-c1c[nH]c2ncc(-c3cccc(C(=O)N4CCC[C@H]4CO)c3)cc12. The number of carbonyl (C=O) groups excluding carboxylic acids is 1. The Morgan fingerprint density at radius 1 is 1.16 bits per heavy atom. The van der Waals surface area contributed by atoms with E-state index in [1.807, 2.05) is 60.9 Å². The molecule has 0 spiro atoms. The van der Waals surface area contributed by atoms with Gasteiger partial charge in [0.1, 0.15) is 11.4 Å². The molecule has 5 rings (SSSR count). The highest BCUT2D eigenvalue weighted by molar-refractivity contribution is 5.98. The fourth-order valence-electron chi connectivity index (χ4n) is 4.54. The lowest BCUT2D eigenvalue weighted by atomic mass is 10.00. The average Bonchev–Trinajstić information content (AvgIpc) is 3.50. The van der Waals surface area contributed by atoms with Crippen LogP contribution in [0.2, 0.25) is 0 Å². The van der Waals surface area contributed by atoms with E-state index in [-0.39, 0.29) is 18.6 Å². The van der Waals surface area contributed by atoms with Gasteiger partial charge in [-0.05, 0) is 42.7 Å². The number of aliphatic hydroxyl groups is 1. The second-order valence-corrected chi connectivity index (χ2v) is 8.08. The molecular weight excluding hydrogens is 402 g/mol. The van der Waals surface area contributed by atoms with E-state index in [0.717, 1.165) is 51.9 Å². The number of aliphatic hydroxyl groups excluding tert-OH is 1. The van der Waals surface area contributed by atoms with Crippen LogP contribution in [0.25, 0.3) is 33.3 Å². The number of hydrogen-bond donors (Lipinski definition) is 2. The summed E-state index contributed by atoms with van der Waals surface area (Å²) in [6.07, 6.45) is 5.54. The lowest BCUT2D eigenvalue weighted by Crippen LogP contribution is -2.37. The van der Waals surface area contributed by atoms with Gasteiger partial charge in [-0.25, -0.2) is 4.98 Å². The second kappa shape index (κ2) is 8.48. The number of likely N-dealkylation sites (tertiary alicyclic amines) is 1. The molecule has 2 aromatic carbocycles. The van der Waals surface area contributed by atoms with Crippen molar-refractivity contribution in [3.05, 3.63) is 72.6 Å². The third-order valence-electron chi connectivity index (χ3n) is 6.22. The number of nitrogens with one attached hydrogen (secondary N) is 1. The zero-order chi connectivity index (χ0) is 22.1. The Kier molecular flexibility index (Phi) is 5.37. The van der Waals surface area contributed by atoms with E-state index in [1.54, 1.807) is 12.0 Å². The van der Waals surface area contributed by atoms with E-state index in [2.05, 4.69) is 16.0 Å². The Bertz CT molecular complexity index is 1280. The topological polar surface area (TPSA) is 78.5 Å². The van der Waals surface area contributed by atoms with E-state index in [4.69, 9.17) is 4.74 Å². The van der Waals surface area contributed by atoms with Gasteiger partial charge in [0, 0.05) is 46.6 Å². The van der Waals surface area contributed by atoms with Gasteiger partial charge in [-0.1, -0.05) is 30.3 Å². The van der Waals surface area contributed by atoms with Crippen LogP contribution in [0.15, 0.2) is 67.0 Å². The Morgan fingerprint density at radius 3 is 2.88 bits per heavy atom. The van der Waals surface area contributed by atoms with E-state index in [9.17, 15) is 9.90 Å². The van der Waals surface area contributed by atoms with Gasteiger partial charge in [-0.2, -0.15) is 0 Å². The number of benzene rings is 2. The van der Waals surface area contributed by atoms with Crippen molar-refractivity contribution in [3.8, 4) is 28.0 Å². The summed E-state index contributed by atoms with van der Waals surface area (Å²) in [5.74, 6) is 0.768. The van der Waals surface area contributed by atoms with Crippen molar-refractivity contribution in [1.82, 2.24) is 14.9 Å². The highest BCUT2D eigenvalue weighted by Gasteiger charge is 2.28. The maximum atomic E-state index is 13.1. The summed E-state index contributed by atoms with van der Waals surface area (Å²) in [7, 11) is 1.67. The maximum absolute atomic E-state index is 13.1. The number of ether oxygens (including phenoxy) is 1. The smallest absolute Gasteiger partial charge is 0.254 e. The number of para-hydroxylation sites is 1. The highest BCUT2D eigenvalue weighted by Crippen LogP contribution is 2.36. The number of nitrogens with zero attached hydrogens (tertiary/aromatic N) is 2. The zero-order valence-corrected chi connectivity index (χ0v) is 17.9. The number of hydrogen-bond acceptors (Lipinski definition) is 4. The highest BCUT2D eigenvalue weighted by atomic mass is 16.5. The van der Waals surface area contributed by atoms with Crippen LogP contribution in [0.1, 0.15) is 23.2 Å². The minimum atomic E-state index is -0.0903. The van der Waals surface area contributed by atoms with Gasteiger partial charge in [0.2, 0.25) is 0 Å². The van der Waals surface area contributed by atoms with Gasteiger partial charge >= 0.3 is 0 Å². The van der Waals surface area contributed by atoms with Crippen molar-refractivity contribution in [2.24, 2.45) is 0 Å². The van der Waals surface area contributed by atoms with Crippen molar-refractivity contribution < 1.29 is 14.6 Å². The largest absolute Gasteiger partial charge is 0.496 e. The summed E-state index contributed by atoms with van der Waals surface area (Å²) in [4.78, 5) is 22.7. The molecule has 4 aromatic rings. The second-order valence-electron chi connectivity index (χ2n) is 8.08. The molecule has 0 aliphatic carbocycles. The number of rotatable bonds is 5. The number of carbonyl (C=O) groups is 1. The van der Waals surface area contributed by atoms with Crippen LogP contribution in [0, 0.1) is 0 Å². The molecule has 2 aromatic heterocycles. The summed E-state index contributed by atoms with van der Waals surface area (Å²) in [6.45, 7) is 0.693. The standard InChI is InChI=1S/C26H25N3O3/c1-32-24-10-3-2-9-21(24)23-15-28-25-22(23)13-19(14-27-25)17-6-4-7-18(12-17)26(31)29-11-5-8-20(29)16-30/h2-4,6-7,9-10,12-15,20,30H,5,8,11,16H2,1H3,(H,27,28)/t20-/m0/s1. The summed E-state index contributed by atoms with van der Waals surface area (Å²) < 4.78 is 5.55. The van der Waals surface area contributed by atoms with Gasteiger partial charge in [-0.3, -0.25) is 4.79 Å². The third kappa shape index (κ3) is 3.52. The maximum Gasteiger partial charge on any atom is 0.254 e. The van der Waals surface area contributed by atoms with Crippen LogP contribution in [-0.2, 0) is 0 Å². The monoisotopic (exact) mass is 427 g/mol. The lowest BCUT2D eigenvalue weighted by Gasteiger charge is -2.23. The fourth-order valence-corrected chi connectivity index (χ4v) is 4.54. The van der Waals surface area contributed by atoms with Crippen molar-refractivity contribution in [3.63, 3.8) is 0 Å². The molecule has 3 heterocycles. The molecule has 0 radical (unpaired) electrons. The van der Waals surface area contributed by atoms with Gasteiger partial charge in [0.05, 0.1) is 19.8 Å². The van der Waals surface area contributed by atoms with E-state index in [1.165, 1.54) is 0 Å². The predicted octanol–water partition coefficient (Wildman–Crippen LogP) is 4.50. The molecule has 1 aliphatic rings. The van der Waals surface area contributed by atoms with Gasteiger partial charge in [0.15, 0.2) is 0 Å². The van der Waals surface area contributed by atoms with Gasteiger partial charge in [-0.15, -0.1) is 0 Å².